The van der Waals surface area contributed by atoms with E-state index in [-0.39, 0.29) is 11.9 Å². The van der Waals surface area contributed by atoms with Gasteiger partial charge in [0.2, 0.25) is 5.91 Å². The second-order valence-corrected chi connectivity index (χ2v) is 5.78. The third kappa shape index (κ3) is 3.82. The Hall–Kier alpha value is -1.88. The van der Waals surface area contributed by atoms with Crippen LogP contribution >= 0.6 is 12.2 Å². The summed E-state index contributed by atoms with van der Waals surface area (Å²) in [7, 11) is 0. The fourth-order valence-corrected chi connectivity index (χ4v) is 2.58. The summed E-state index contributed by atoms with van der Waals surface area (Å²) < 4.78 is 1.92. The van der Waals surface area contributed by atoms with Crippen LogP contribution < -0.4 is 11.1 Å². The molecule has 0 radical (unpaired) electrons. The summed E-state index contributed by atoms with van der Waals surface area (Å²) in [5, 5.41) is 4.08. The Bertz CT molecular complexity index is 663. The summed E-state index contributed by atoms with van der Waals surface area (Å²) in [6.07, 6.45) is 3.97. The van der Waals surface area contributed by atoms with Gasteiger partial charge in [0.1, 0.15) is 11.5 Å². The van der Waals surface area contributed by atoms with Gasteiger partial charge in [0, 0.05) is 23.3 Å². The van der Waals surface area contributed by atoms with E-state index >= 15 is 0 Å². The van der Waals surface area contributed by atoms with Crippen LogP contribution in [0, 0.1) is 0 Å². The molecule has 0 aliphatic carbocycles. The second-order valence-electron chi connectivity index (χ2n) is 5.34. The minimum atomic E-state index is 0.0224. The average molecular weight is 303 g/mol. The number of carbonyl (C=O) groups is 1. The molecule has 0 fully saturated rings. The number of carbonyl (C=O) groups excluding carboxylic acids is 1. The number of nitrogens with one attached hydrogen (secondary N) is 1. The van der Waals surface area contributed by atoms with E-state index < -0.39 is 0 Å². The van der Waals surface area contributed by atoms with Crippen LogP contribution in [0.2, 0.25) is 0 Å². The molecule has 0 bridgehead atoms. The average Bonchev–Trinajstić information content (AvgIpc) is 2.81. The molecule has 4 nitrogen and oxygen atoms in total. The Morgan fingerprint density at radius 2 is 2.19 bits per heavy atom. The SMILES string of the molecule is CCCC(C)NC(=O)Cn1ccc2ccc(C(N)=S)cc21. The maximum atomic E-state index is 12.1. The molecule has 2 aromatic rings. The van der Waals surface area contributed by atoms with Crippen molar-refractivity contribution >= 4 is 34.0 Å². The molecule has 1 aromatic heterocycles. The van der Waals surface area contributed by atoms with E-state index in [0.717, 1.165) is 29.3 Å². The molecule has 0 saturated carbocycles. The quantitative estimate of drug-likeness (QED) is 0.806. The van der Waals surface area contributed by atoms with Gasteiger partial charge in [0.05, 0.1) is 0 Å². The van der Waals surface area contributed by atoms with Gasteiger partial charge in [-0.2, -0.15) is 0 Å². The van der Waals surface area contributed by atoms with Crippen LogP contribution in [0.5, 0.6) is 0 Å². The topological polar surface area (TPSA) is 60.0 Å². The van der Waals surface area contributed by atoms with Crippen molar-refractivity contribution in [3.63, 3.8) is 0 Å². The van der Waals surface area contributed by atoms with Crippen molar-refractivity contribution in [1.82, 2.24) is 9.88 Å². The largest absolute Gasteiger partial charge is 0.389 e. The molecule has 1 aromatic carbocycles. The zero-order valence-electron chi connectivity index (χ0n) is 12.4. The highest BCUT2D eigenvalue weighted by atomic mass is 32.1. The van der Waals surface area contributed by atoms with Crippen LogP contribution in [-0.2, 0) is 11.3 Å². The summed E-state index contributed by atoms with van der Waals surface area (Å²) >= 11 is 5.01. The van der Waals surface area contributed by atoms with Gasteiger partial charge in [-0.05, 0) is 30.9 Å². The molecule has 1 unspecified atom stereocenters. The van der Waals surface area contributed by atoms with Gasteiger partial charge >= 0.3 is 0 Å². The number of benzene rings is 1. The Balaban J connectivity index is 2.16. The first-order valence-corrected chi connectivity index (χ1v) is 7.60. The minimum absolute atomic E-state index is 0.0224. The highest BCUT2D eigenvalue weighted by Crippen LogP contribution is 2.17. The van der Waals surface area contributed by atoms with Crippen molar-refractivity contribution < 1.29 is 4.79 Å². The number of nitrogens with zero attached hydrogens (tertiary/aromatic N) is 1. The number of rotatable bonds is 6. The van der Waals surface area contributed by atoms with Crippen LogP contribution in [0.25, 0.3) is 10.9 Å². The molecule has 21 heavy (non-hydrogen) atoms. The maximum Gasteiger partial charge on any atom is 0.240 e. The van der Waals surface area contributed by atoms with Gasteiger partial charge in [0.15, 0.2) is 0 Å². The minimum Gasteiger partial charge on any atom is -0.389 e. The van der Waals surface area contributed by atoms with E-state index in [0.29, 0.717) is 11.5 Å². The Labute approximate surface area is 130 Å². The van der Waals surface area contributed by atoms with E-state index in [9.17, 15) is 4.79 Å². The summed E-state index contributed by atoms with van der Waals surface area (Å²) in [5.74, 6) is 0.0224. The fraction of sp³-hybridized carbons (Fsp3) is 0.375. The molecular weight excluding hydrogens is 282 g/mol. The number of amides is 1. The number of nitrogens with two attached hydrogens (primary N) is 1. The molecule has 1 amide bonds. The van der Waals surface area contributed by atoms with Gasteiger partial charge in [-0.15, -0.1) is 0 Å². The molecule has 0 aliphatic rings. The third-order valence-electron chi connectivity index (χ3n) is 3.50. The lowest BCUT2D eigenvalue weighted by molar-refractivity contribution is -0.122. The van der Waals surface area contributed by atoms with Crippen LogP contribution in [0.4, 0.5) is 0 Å². The lowest BCUT2D eigenvalue weighted by Gasteiger charge is -2.13. The van der Waals surface area contributed by atoms with Crippen molar-refractivity contribution in [3.8, 4) is 0 Å². The van der Waals surface area contributed by atoms with Gasteiger partial charge in [-0.1, -0.05) is 37.7 Å². The lowest BCUT2D eigenvalue weighted by atomic mass is 10.1. The Kier molecular flexibility index (Phi) is 4.96. The van der Waals surface area contributed by atoms with E-state index in [2.05, 4.69) is 12.2 Å². The first-order chi connectivity index (χ1) is 10.0. The Morgan fingerprint density at radius 3 is 2.86 bits per heavy atom. The van der Waals surface area contributed by atoms with Crippen molar-refractivity contribution in [2.75, 3.05) is 0 Å². The number of hydrogen-bond acceptors (Lipinski definition) is 2. The normalized spacial score (nSPS) is 12.3. The van der Waals surface area contributed by atoms with E-state index in [1.807, 2.05) is 42.0 Å². The van der Waals surface area contributed by atoms with Crippen LogP contribution in [0.1, 0.15) is 32.3 Å². The molecule has 3 N–H and O–H groups in total. The van der Waals surface area contributed by atoms with Gasteiger partial charge in [0.25, 0.3) is 0 Å². The number of hydrogen-bond donors (Lipinski definition) is 2. The van der Waals surface area contributed by atoms with Crippen molar-refractivity contribution in [1.29, 1.82) is 0 Å². The van der Waals surface area contributed by atoms with E-state index in [1.54, 1.807) is 0 Å². The second kappa shape index (κ2) is 6.72. The molecule has 112 valence electrons. The molecule has 5 heteroatoms. The maximum absolute atomic E-state index is 12.1. The molecule has 2 rings (SSSR count). The summed E-state index contributed by atoms with van der Waals surface area (Å²) in [5.41, 5.74) is 7.45. The van der Waals surface area contributed by atoms with E-state index in [1.165, 1.54) is 0 Å². The highest BCUT2D eigenvalue weighted by molar-refractivity contribution is 7.80. The van der Waals surface area contributed by atoms with Crippen LogP contribution in [0.15, 0.2) is 30.5 Å². The third-order valence-corrected chi connectivity index (χ3v) is 3.74. The summed E-state index contributed by atoms with van der Waals surface area (Å²) in [6, 6.07) is 7.99. The zero-order chi connectivity index (χ0) is 15.4. The van der Waals surface area contributed by atoms with Gasteiger partial charge in [-0.3, -0.25) is 4.79 Å². The van der Waals surface area contributed by atoms with E-state index in [4.69, 9.17) is 18.0 Å². The monoisotopic (exact) mass is 303 g/mol. The molecule has 1 heterocycles. The summed E-state index contributed by atoms with van der Waals surface area (Å²) in [6.45, 7) is 4.44. The standard InChI is InChI=1S/C16H21N3OS/c1-3-4-11(2)18-15(20)10-19-8-7-12-5-6-13(16(17)21)9-14(12)19/h5-9,11H,3-4,10H2,1-2H3,(H2,17,21)(H,18,20). The zero-order valence-corrected chi connectivity index (χ0v) is 13.2. The molecule has 1 atom stereocenters. The summed E-state index contributed by atoms with van der Waals surface area (Å²) in [4.78, 5) is 12.4. The number of aromatic nitrogens is 1. The molecule has 0 aliphatic heterocycles. The fourth-order valence-electron chi connectivity index (χ4n) is 2.46. The van der Waals surface area contributed by atoms with Crippen LogP contribution in [0.3, 0.4) is 0 Å². The first kappa shape index (κ1) is 15.5. The smallest absolute Gasteiger partial charge is 0.240 e. The van der Waals surface area contributed by atoms with Gasteiger partial charge in [-0.25, -0.2) is 0 Å². The Morgan fingerprint density at radius 1 is 1.43 bits per heavy atom. The predicted octanol–water partition coefficient (Wildman–Crippen LogP) is 2.58. The van der Waals surface area contributed by atoms with Crippen LogP contribution in [-0.4, -0.2) is 21.5 Å². The first-order valence-electron chi connectivity index (χ1n) is 7.19. The predicted molar refractivity (Wildman–Crippen MR) is 90.3 cm³/mol. The molecule has 0 spiro atoms. The van der Waals surface area contributed by atoms with Crippen molar-refractivity contribution in [2.24, 2.45) is 5.73 Å². The number of thiocarbonyl (C=S) groups is 1. The lowest BCUT2D eigenvalue weighted by Crippen LogP contribution is -2.34. The van der Waals surface area contributed by atoms with Crippen molar-refractivity contribution in [3.05, 3.63) is 36.0 Å². The molecular formula is C16H21N3OS. The highest BCUT2D eigenvalue weighted by Gasteiger charge is 2.10. The van der Waals surface area contributed by atoms with Crippen molar-refractivity contribution in [2.45, 2.75) is 39.3 Å². The molecule has 0 saturated heterocycles. The number of fused-ring (bicyclic) bond motifs is 1. The van der Waals surface area contributed by atoms with Gasteiger partial charge < -0.3 is 15.6 Å².